The monoisotopic (exact) mass is 479 g/mol. The van der Waals surface area contributed by atoms with Gasteiger partial charge >= 0.3 is 11.7 Å². The van der Waals surface area contributed by atoms with Gasteiger partial charge in [-0.3, -0.25) is 19.5 Å². The standard InChI is InChI=1S/C24H21N3O6S/c1-4-33-23(30)20-14(3)25-24-26(21(20)16-8-5-13(2)6-9-16)22(29)19(34-24)12-15-7-10-18(28)17(11-15)27(31)32/h5-12,21,28H,4H2,1-3H3/b19-12+/t21-/m0/s1. The van der Waals surface area contributed by atoms with Gasteiger partial charge in [0, 0.05) is 6.07 Å². The number of aryl methyl sites for hydroxylation is 1. The van der Waals surface area contributed by atoms with E-state index < -0.39 is 28.4 Å². The summed E-state index contributed by atoms with van der Waals surface area (Å²) in [5, 5.41) is 20.9. The minimum atomic E-state index is -0.729. The van der Waals surface area contributed by atoms with Gasteiger partial charge in [-0.05, 0) is 44.0 Å². The maximum Gasteiger partial charge on any atom is 0.338 e. The fourth-order valence-corrected chi connectivity index (χ4v) is 4.83. The molecule has 0 amide bonds. The van der Waals surface area contributed by atoms with Crippen LogP contribution < -0.4 is 14.9 Å². The molecule has 3 aromatic rings. The number of nitrogens with zero attached hydrogens (tertiary/aromatic N) is 3. The Morgan fingerprint density at radius 2 is 1.97 bits per heavy atom. The minimum Gasteiger partial charge on any atom is -0.502 e. The third-order valence-corrected chi connectivity index (χ3v) is 6.39. The first-order valence-corrected chi connectivity index (χ1v) is 11.3. The highest BCUT2D eigenvalue weighted by Gasteiger charge is 2.33. The molecular formula is C24H21N3O6S. The summed E-state index contributed by atoms with van der Waals surface area (Å²) in [5.74, 6) is -1.00. The summed E-state index contributed by atoms with van der Waals surface area (Å²) < 4.78 is 7.01. The molecule has 1 N–H and O–H groups in total. The molecule has 0 aliphatic carbocycles. The predicted molar refractivity (Wildman–Crippen MR) is 126 cm³/mol. The molecule has 1 aliphatic rings. The van der Waals surface area contributed by atoms with E-state index in [1.807, 2.05) is 31.2 Å². The van der Waals surface area contributed by atoms with Crippen molar-refractivity contribution in [3.63, 3.8) is 0 Å². The Balaban J connectivity index is 1.94. The molecule has 0 radical (unpaired) electrons. The van der Waals surface area contributed by atoms with Crippen LogP contribution in [0.2, 0.25) is 0 Å². The average molecular weight is 480 g/mol. The number of carbonyl (C=O) groups is 1. The fourth-order valence-electron chi connectivity index (χ4n) is 3.78. The van der Waals surface area contributed by atoms with E-state index in [2.05, 4.69) is 4.99 Å². The number of rotatable bonds is 5. The Hall–Kier alpha value is -4.05. The van der Waals surface area contributed by atoms with Gasteiger partial charge in [0.25, 0.3) is 5.56 Å². The highest BCUT2D eigenvalue weighted by atomic mass is 32.1. The van der Waals surface area contributed by atoms with E-state index in [-0.39, 0.29) is 22.3 Å². The van der Waals surface area contributed by atoms with E-state index >= 15 is 0 Å². The van der Waals surface area contributed by atoms with Crippen molar-refractivity contribution in [2.45, 2.75) is 26.8 Å². The molecule has 2 aromatic carbocycles. The van der Waals surface area contributed by atoms with Crippen LogP contribution in [0.25, 0.3) is 6.08 Å². The number of benzene rings is 2. The number of nitro groups is 1. The second-order valence-corrected chi connectivity index (χ2v) is 8.73. The van der Waals surface area contributed by atoms with Crippen LogP contribution in [0.15, 0.2) is 63.5 Å². The third-order valence-electron chi connectivity index (χ3n) is 5.40. The molecule has 0 saturated carbocycles. The number of ether oxygens (including phenoxy) is 1. The van der Waals surface area contributed by atoms with Crippen molar-refractivity contribution >= 4 is 29.1 Å². The molecule has 1 aromatic heterocycles. The van der Waals surface area contributed by atoms with Gasteiger partial charge in [0.15, 0.2) is 10.6 Å². The number of aromatic hydroxyl groups is 1. The zero-order chi connectivity index (χ0) is 24.6. The summed E-state index contributed by atoms with van der Waals surface area (Å²) in [6, 6.07) is 10.7. The number of carbonyl (C=O) groups excluding carboxylic acids is 1. The summed E-state index contributed by atoms with van der Waals surface area (Å²) in [6.07, 6.45) is 1.51. The number of allylic oxidation sites excluding steroid dienone is 1. The van der Waals surface area contributed by atoms with Gasteiger partial charge in [0.1, 0.15) is 0 Å². The third kappa shape index (κ3) is 4.15. The zero-order valence-electron chi connectivity index (χ0n) is 18.6. The highest BCUT2D eigenvalue weighted by molar-refractivity contribution is 7.07. The molecule has 1 atom stereocenters. The largest absolute Gasteiger partial charge is 0.502 e. The lowest BCUT2D eigenvalue weighted by Gasteiger charge is -2.24. The van der Waals surface area contributed by atoms with Crippen molar-refractivity contribution in [3.05, 3.63) is 100 Å². The quantitative estimate of drug-likeness (QED) is 0.341. The lowest BCUT2D eigenvalue weighted by atomic mass is 9.95. The Morgan fingerprint density at radius 3 is 2.62 bits per heavy atom. The summed E-state index contributed by atoms with van der Waals surface area (Å²) in [4.78, 5) is 41.8. The van der Waals surface area contributed by atoms with Gasteiger partial charge in [-0.25, -0.2) is 9.79 Å². The van der Waals surface area contributed by atoms with Crippen LogP contribution in [0.5, 0.6) is 5.75 Å². The summed E-state index contributed by atoms with van der Waals surface area (Å²) in [6.45, 7) is 5.54. The van der Waals surface area contributed by atoms with Gasteiger partial charge in [-0.2, -0.15) is 0 Å². The Labute approximate surface area is 197 Å². The molecule has 10 heteroatoms. The van der Waals surface area contributed by atoms with Gasteiger partial charge < -0.3 is 9.84 Å². The van der Waals surface area contributed by atoms with Crippen LogP contribution >= 0.6 is 11.3 Å². The molecular weight excluding hydrogens is 458 g/mol. The van der Waals surface area contributed by atoms with Crippen LogP contribution in [0.3, 0.4) is 0 Å². The summed E-state index contributed by atoms with van der Waals surface area (Å²) in [5.41, 5.74) is 2.03. The SMILES string of the molecule is CCOC(=O)C1=C(C)N=c2s/c(=C/c3ccc(O)c([N+](=O)[O-])c3)c(=O)n2[C@H]1c1ccc(C)cc1. The average Bonchev–Trinajstić information content (AvgIpc) is 3.09. The molecule has 0 saturated heterocycles. The van der Waals surface area contributed by atoms with Crippen molar-refractivity contribution in [2.75, 3.05) is 6.61 Å². The highest BCUT2D eigenvalue weighted by Crippen LogP contribution is 2.31. The number of esters is 1. The molecule has 9 nitrogen and oxygen atoms in total. The van der Waals surface area contributed by atoms with Crippen molar-refractivity contribution in [3.8, 4) is 5.75 Å². The molecule has 4 rings (SSSR count). The van der Waals surface area contributed by atoms with Gasteiger partial charge in [-0.1, -0.05) is 47.2 Å². The van der Waals surface area contributed by atoms with E-state index in [0.29, 0.717) is 16.1 Å². The van der Waals surface area contributed by atoms with Gasteiger partial charge in [-0.15, -0.1) is 0 Å². The second-order valence-electron chi connectivity index (χ2n) is 7.72. The molecule has 0 bridgehead atoms. The number of hydrogen-bond donors (Lipinski definition) is 1. The number of nitro benzene ring substituents is 1. The van der Waals surface area contributed by atoms with Crippen LogP contribution in [-0.4, -0.2) is 27.2 Å². The molecule has 2 heterocycles. The summed E-state index contributed by atoms with van der Waals surface area (Å²) in [7, 11) is 0. The Kier molecular flexibility index (Phi) is 6.16. The Morgan fingerprint density at radius 1 is 1.26 bits per heavy atom. The van der Waals surface area contributed by atoms with E-state index in [9.17, 15) is 24.8 Å². The van der Waals surface area contributed by atoms with Crippen LogP contribution in [-0.2, 0) is 9.53 Å². The topological polar surface area (TPSA) is 124 Å². The molecule has 0 fully saturated rings. The first kappa shape index (κ1) is 23.1. The van der Waals surface area contributed by atoms with Gasteiger partial charge in [0.05, 0.1) is 33.4 Å². The number of aromatic nitrogens is 1. The van der Waals surface area contributed by atoms with E-state index in [1.54, 1.807) is 13.8 Å². The zero-order valence-corrected chi connectivity index (χ0v) is 19.5. The first-order chi connectivity index (χ1) is 16.2. The fraction of sp³-hybridized carbons (Fsp3) is 0.208. The van der Waals surface area contributed by atoms with E-state index in [4.69, 9.17) is 4.74 Å². The molecule has 34 heavy (non-hydrogen) atoms. The van der Waals surface area contributed by atoms with Crippen molar-refractivity contribution in [2.24, 2.45) is 4.99 Å². The second kappa shape index (κ2) is 9.06. The smallest absolute Gasteiger partial charge is 0.338 e. The number of hydrogen-bond acceptors (Lipinski definition) is 8. The normalized spacial score (nSPS) is 15.6. The lowest BCUT2D eigenvalue weighted by molar-refractivity contribution is -0.385. The minimum absolute atomic E-state index is 0.181. The first-order valence-electron chi connectivity index (χ1n) is 10.4. The van der Waals surface area contributed by atoms with Crippen LogP contribution in [0.1, 0.15) is 36.6 Å². The molecule has 174 valence electrons. The number of thiazole rings is 1. The van der Waals surface area contributed by atoms with Crippen LogP contribution in [0.4, 0.5) is 5.69 Å². The molecule has 1 aliphatic heterocycles. The number of phenolic OH excluding ortho intramolecular Hbond substituents is 1. The molecule has 0 unspecified atom stereocenters. The Bertz CT molecular complexity index is 1520. The lowest BCUT2D eigenvalue weighted by Crippen LogP contribution is -2.39. The van der Waals surface area contributed by atoms with E-state index in [0.717, 1.165) is 22.5 Å². The van der Waals surface area contributed by atoms with Crippen molar-refractivity contribution in [1.82, 2.24) is 4.57 Å². The van der Waals surface area contributed by atoms with Gasteiger partial charge in [0.2, 0.25) is 0 Å². The predicted octanol–water partition coefficient (Wildman–Crippen LogP) is 2.72. The van der Waals surface area contributed by atoms with E-state index in [1.165, 1.54) is 28.8 Å². The number of fused-ring (bicyclic) bond motifs is 1. The van der Waals surface area contributed by atoms with Crippen LogP contribution in [0, 0.1) is 17.0 Å². The maximum atomic E-state index is 13.5. The van der Waals surface area contributed by atoms with Crippen molar-refractivity contribution < 1.29 is 19.6 Å². The number of phenols is 1. The molecule has 0 spiro atoms. The summed E-state index contributed by atoms with van der Waals surface area (Å²) >= 11 is 1.12. The van der Waals surface area contributed by atoms with Crippen molar-refractivity contribution in [1.29, 1.82) is 0 Å². The maximum absolute atomic E-state index is 13.5.